The summed E-state index contributed by atoms with van der Waals surface area (Å²) >= 11 is 0. The molecule has 0 aliphatic carbocycles. The second kappa shape index (κ2) is 4.30. The van der Waals surface area contributed by atoms with Crippen molar-refractivity contribution in [2.24, 2.45) is 4.99 Å². The molecule has 1 aromatic heterocycles. The summed E-state index contributed by atoms with van der Waals surface area (Å²) in [6, 6.07) is 11.1. The summed E-state index contributed by atoms with van der Waals surface area (Å²) in [4.78, 5) is 4.24. The lowest BCUT2D eigenvalue weighted by atomic mass is 10.2. The zero-order chi connectivity index (χ0) is 10.5. The maximum absolute atomic E-state index is 5.25. The van der Waals surface area contributed by atoms with Crippen LogP contribution in [0.1, 0.15) is 11.3 Å². The van der Waals surface area contributed by atoms with Gasteiger partial charge in [0.2, 0.25) is 0 Å². The van der Waals surface area contributed by atoms with Gasteiger partial charge in [0, 0.05) is 5.56 Å². The maximum Gasteiger partial charge on any atom is 0.144 e. The molecule has 15 heavy (non-hydrogen) atoms. The van der Waals surface area contributed by atoms with Gasteiger partial charge >= 0.3 is 0 Å². The molecule has 0 spiro atoms. The first-order valence-corrected chi connectivity index (χ1v) is 4.53. The van der Waals surface area contributed by atoms with Gasteiger partial charge in [0.25, 0.3) is 0 Å². The van der Waals surface area contributed by atoms with Crippen LogP contribution in [0.5, 0.6) is 0 Å². The smallest absolute Gasteiger partial charge is 0.144 e. The van der Waals surface area contributed by atoms with E-state index in [-0.39, 0.29) is 0 Å². The fourth-order valence-corrected chi connectivity index (χ4v) is 1.15. The van der Waals surface area contributed by atoms with E-state index < -0.39 is 0 Å². The first kappa shape index (κ1) is 9.29. The lowest BCUT2D eigenvalue weighted by Gasteiger charge is -1.92. The number of hydrogen-bond donors (Lipinski definition) is 0. The van der Waals surface area contributed by atoms with E-state index in [0.29, 0.717) is 0 Å². The Kier molecular flexibility index (Phi) is 2.66. The van der Waals surface area contributed by atoms with Crippen molar-refractivity contribution in [3.63, 3.8) is 0 Å². The summed E-state index contributed by atoms with van der Waals surface area (Å²) in [5.41, 5.74) is 1.71. The molecule has 1 aromatic carbocycles. The van der Waals surface area contributed by atoms with Gasteiger partial charge in [-0.1, -0.05) is 5.92 Å². The second-order valence-electron chi connectivity index (χ2n) is 2.96. The third-order valence-electron chi connectivity index (χ3n) is 1.92. The van der Waals surface area contributed by atoms with Crippen LogP contribution in [0.25, 0.3) is 0 Å². The van der Waals surface area contributed by atoms with Crippen molar-refractivity contribution in [2.45, 2.75) is 0 Å². The monoisotopic (exact) mass is 195 g/mol. The van der Waals surface area contributed by atoms with E-state index in [1.54, 1.807) is 12.5 Å². The van der Waals surface area contributed by atoms with Crippen LogP contribution in [-0.4, -0.2) is 6.21 Å². The fraction of sp³-hybridized carbons (Fsp3) is 0. The summed E-state index contributed by atoms with van der Waals surface area (Å²) in [5.74, 6) is 3.29. The normalized spacial score (nSPS) is 10.3. The van der Waals surface area contributed by atoms with Crippen LogP contribution in [0.2, 0.25) is 0 Å². The molecule has 0 saturated carbocycles. The molecule has 0 amide bonds. The zero-order valence-electron chi connectivity index (χ0n) is 8.05. The van der Waals surface area contributed by atoms with Crippen molar-refractivity contribution in [1.82, 2.24) is 0 Å². The maximum atomic E-state index is 5.25. The lowest BCUT2D eigenvalue weighted by molar-refractivity contribution is 0.560. The van der Waals surface area contributed by atoms with Crippen molar-refractivity contribution >= 4 is 11.9 Å². The van der Waals surface area contributed by atoms with Gasteiger partial charge in [-0.2, -0.15) is 0 Å². The van der Waals surface area contributed by atoms with Crippen molar-refractivity contribution in [1.29, 1.82) is 0 Å². The number of hydrogen-bond acceptors (Lipinski definition) is 2. The molecule has 0 aliphatic rings. The summed E-state index contributed by atoms with van der Waals surface area (Å²) in [5, 5.41) is 0. The highest BCUT2D eigenvalue weighted by Gasteiger charge is 1.91. The molecule has 0 bridgehead atoms. The van der Waals surface area contributed by atoms with Crippen LogP contribution in [0, 0.1) is 12.3 Å². The SMILES string of the molecule is C#Cc1ccc(N=Cc2ccco2)cc1. The highest BCUT2D eigenvalue weighted by atomic mass is 16.3. The summed E-state index contributed by atoms with van der Waals surface area (Å²) in [7, 11) is 0. The van der Waals surface area contributed by atoms with E-state index in [9.17, 15) is 0 Å². The van der Waals surface area contributed by atoms with Crippen LogP contribution < -0.4 is 0 Å². The third kappa shape index (κ3) is 2.35. The number of benzene rings is 1. The molecule has 2 heteroatoms. The number of furan rings is 1. The lowest BCUT2D eigenvalue weighted by Crippen LogP contribution is -1.74. The van der Waals surface area contributed by atoms with Gasteiger partial charge in [-0.3, -0.25) is 4.99 Å². The minimum absolute atomic E-state index is 0.732. The van der Waals surface area contributed by atoms with E-state index in [0.717, 1.165) is 17.0 Å². The van der Waals surface area contributed by atoms with Crippen molar-refractivity contribution in [3.05, 3.63) is 54.0 Å². The van der Waals surface area contributed by atoms with E-state index in [4.69, 9.17) is 10.8 Å². The number of rotatable bonds is 2. The predicted molar refractivity (Wildman–Crippen MR) is 60.3 cm³/mol. The zero-order valence-corrected chi connectivity index (χ0v) is 8.05. The van der Waals surface area contributed by atoms with Gasteiger partial charge in [-0.05, 0) is 36.4 Å². The third-order valence-corrected chi connectivity index (χ3v) is 1.92. The predicted octanol–water partition coefficient (Wildman–Crippen LogP) is 3.01. The molecule has 2 aromatic rings. The molecule has 0 fully saturated rings. The number of nitrogens with zero attached hydrogens (tertiary/aromatic N) is 1. The molecule has 0 unspecified atom stereocenters. The minimum atomic E-state index is 0.732. The van der Waals surface area contributed by atoms with Gasteiger partial charge in [0.05, 0.1) is 18.2 Å². The van der Waals surface area contributed by atoms with Gasteiger partial charge < -0.3 is 4.42 Å². The molecule has 0 aliphatic heterocycles. The molecule has 0 radical (unpaired) electrons. The molecule has 0 saturated heterocycles. The van der Waals surface area contributed by atoms with Gasteiger partial charge in [0.1, 0.15) is 5.76 Å². The Bertz CT molecular complexity index is 486. The first-order valence-electron chi connectivity index (χ1n) is 4.53. The molecule has 2 nitrogen and oxygen atoms in total. The second-order valence-corrected chi connectivity index (χ2v) is 2.96. The van der Waals surface area contributed by atoms with E-state index in [1.807, 2.05) is 36.4 Å². The molecule has 2 rings (SSSR count). The number of aliphatic imine (C=N–C) groups is 1. The van der Waals surface area contributed by atoms with E-state index in [2.05, 4.69) is 10.9 Å². The Morgan fingerprint density at radius 2 is 2.00 bits per heavy atom. The van der Waals surface area contributed by atoms with Gasteiger partial charge in [-0.15, -0.1) is 6.42 Å². The summed E-state index contributed by atoms with van der Waals surface area (Å²) in [6.07, 6.45) is 8.53. The number of terminal acetylenes is 1. The average molecular weight is 195 g/mol. The van der Waals surface area contributed by atoms with Crippen LogP contribution in [0.3, 0.4) is 0 Å². The van der Waals surface area contributed by atoms with Crippen molar-refractivity contribution in [3.8, 4) is 12.3 Å². The van der Waals surface area contributed by atoms with Crippen LogP contribution in [0.4, 0.5) is 5.69 Å². The molecular formula is C13H9NO. The fourth-order valence-electron chi connectivity index (χ4n) is 1.15. The highest BCUT2D eigenvalue weighted by molar-refractivity contribution is 5.78. The van der Waals surface area contributed by atoms with Crippen LogP contribution in [-0.2, 0) is 0 Å². The standard InChI is InChI=1S/C13H9NO/c1-2-11-5-7-12(8-6-11)14-10-13-4-3-9-15-13/h1,3-10H. The Morgan fingerprint density at radius 1 is 1.20 bits per heavy atom. The molecule has 1 heterocycles. The summed E-state index contributed by atoms with van der Waals surface area (Å²) in [6.45, 7) is 0. The quantitative estimate of drug-likeness (QED) is 0.534. The molecule has 0 N–H and O–H groups in total. The molecular weight excluding hydrogens is 186 g/mol. The van der Waals surface area contributed by atoms with Crippen molar-refractivity contribution < 1.29 is 4.42 Å². The average Bonchev–Trinajstić information content (AvgIpc) is 2.80. The minimum Gasteiger partial charge on any atom is -0.463 e. The van der Waals surface area contributed by atoms with Crippen LogP contribution >= 0.6 is 0 Å². The Hall–Kier alpha value is -2.27. The van der Waals surface area contributed by atoms with Gasteiger partial charge in [0.15, 0.2) is 0 Å². The van der Waals surface area contributed by atoms with E-state index >= 15 is 0 Å². The van der Waals surface area contributed by atoms with Crippen LogP contribution in [0.15, 0.2) is 52.1 Å². The summed E-state index contributed by atoms with van der Waals surface area (Å²) < 4.78 is 5.12. The molecule has 0 atom stereocenters. The van der Waals surface area contributed by atoms with Crippen molar-refractivity contribution in [2.75, 3.05) is 0 Å². The topological polar surface area (TPSA) is 25.5 Å². The van der Waals surface area contributed by atoms with Gasteiger partial charge in [-0.25, -0.2) is 0 Å². The first-order chi connectivity index (χ1) is 7.38. The molecule has 72 valence electrons. The Morgan fingerprint density at radius 3 is 2.60 bits per heavy atom. The highest BCUT2D eigenvalue weighted by Crippen LogP contribution is 2.12. The Labute approximate surface area is 88.3 Å². The van der Waals surface area contributed by atoms with E-state index in [1.165, 1.54) is 0 Å². The largest absolute Gasteiger partial charge is 0.463 e. The Balaban J connectivity index is 2.15.